The van der Waals surface area contributed by atoms with Gasteiger partial charge in [-0.05, 0) is 37.1 Å². The largest absolute Gasteiger partial charge is 0.398 e. The highest BCUT2D eigenvalue weighted by Crippen LogP contribution is 2.35. The molecule has 0 saturated carbocycles. The van der Waals surface area contributed by atoms with Gasteiger partial charge in [0.2, 0.25) is 0 Å². The molecule has 0 bridgehead atoms. The fourth-order valence-corrected chi connectivity index (χ4v) is 3.02. The molecule has 2 N–H and O–H groups in total. The Hall–Kier alpha value is -1.67. The summed E-state index contributed by atoms with van der Waals surface area (Å²) < 4.78 is 0. The van der Waals surface area contributed by atoms with Gasteiger partial charge in [-0.15, -0.1) is 0 Å². The SMILES string of the molecule is CC1Cc2ccccc2N1Cc1c(N)cccc1Cl. The van der Waals surface area contributed by atoms with E-state index in [4.69, 9.17) is 17.3 Å². The van der Waals surface area contributed by atoms with E-state index in [9.17, 15) is 0 Å². The molecule has 1 heterocycles. The lowest BCUT2D eigenvalue weighted by Crippen LogP contribution is -2.29. The summed E-state index contributed by atoms with van der Waals surface area (Å²) in [6, 6.07) is 14.7. The van der Waals surface area contributed by atoms with Crippen LogP contribution < -0.4 is 10.6 Å². The molecule has 98 valence electrons. The summed E-state index contributed by atoms with van der Waals surface area (Å²) in [4.78, 5) is 2.38. The van der Waals surface area contributed by atoms with Crippen molar-refractivity contribution >= 4 is 23.0 Å². The van der Waals surface area contributed by atoms with Crippen LogP contribution in [0.15, 0.2) is 42.5 Å². The van der Waals surface area contributed by atoms with Gasteiger partial charge in [0, 0.05) is 34.5 Å². The van der Waals surface area contributed by atoms with Crippen LogP contribution in [0.3, 0.4) is 0 Å². The van der Waals surface area contributed by atoms with E-state index in [1.807, 2.05) is 18.2 Å². The number of hydrogen-bond acceptors (Lipinski definition) is 2. The molecule has 0 aromatic heterocycles. The van der Waals surface area contributed by atoms with E-state index in [2.05, 4.69) is 36.1 Å². The Morgan fingerprint density at radius 1 is 1.21 bits per heavy atom. The summed E-state index contributed by atoms with van der Waals surface area (Å²) >= 11 is 6.28. The molecule has 0 fully saturated rings. The minimum atomic E-state index is 0.480. The van der Waals surface area contributed by atoms with Crippen LogP contribution in [0.5, 0.6) is 0 Å². The fourth-order valence-electron chi connectivity index (χ4n) is 2.78. The van der Waals surface area contributed by atoms with Crippen LogP contribution in [-0.4, -0.2) is 6.04 Å². The van der Waals surface area contributed by atoms with Crippen LogP contribution in [0.25, 0.3) is 0 Å². The van der Waals surface area contributed by atoms with Gasteiger partial charge in [-0.1, -0.05) is 35.9 Å². The van der Waals surface area contributed by atoms with Crippen molar-refractivity contribution in [1.82, 2.24) is 0 Å². The van der Waals surface area contributed by atoms with Crippen molar-refractivity contribution in [3.8, 4) is 0 Å². The third kappa shape index (κ3) is 2.17. The smallest absolute Gasteiger partial charge is 0.0476 e. The van der Waals surface area contributed by atoms with Crippen LogP contribution in [0, 0.1) is 0 Å². The van der Waals surface area contributed by atoms with Gasteiger partial charge in [0.15, 0.2) is 0 Å². The molecule has 1 aliphatic heterocycles. The highest BCUT2D eigenvalue weighted by molar-refractivity contribution is 6.31. The lowest BCUT2D eigenvalue weighted by atomic mass is 10.1. The predicted molar refractivity (Wildman–Crippen MR) is 81.7 cm³/mol. The molecule has 2 aromatic carbocycles. The topological polar surface area (TPSA) is 29.3 Å². The van der Waals surface area contributed by atoms with Crippen LogP contribution in [0.1, 0.15) is 18.1 Å². The van der Waals surface area contributed by atoms with Gasteiger partial charge >= 0.3 is 0 Å². The zero-order chi connectivity index (χ0) is 13.4. The van der Waals surface area contributed by atoms with Gasteiger partial charge in [-0.2, -0.15) is 0 Å². The van der Waals surface area contributed by atoms with Gasteiger partial charge in [-0.25, -0.2) is 0 Å². The van der Waals surface area contributed by atoms with Gasteiger partial charge in [-0.3, -0.25) is 0 Å². The normalized spacial score (nSPS) is 17.6. The van der Waals surface area contributed by atoms with Gasteiger partial charge in [0.1, 0.15) is 0 Å². The van der Waals surface area contributed by atoms with Crippen molar-refractivity contribution in [3.05, 3.63) is 58.6 Å². The van der Waals surface area contributed by atoms with E-state index in [1.54, 1.807) is 0 Å². The van der Waals surface area contributed by atoms with Crippen molar-refractivity contribution in [2.75, 3.05) is 10.6 Å². The average molecular weight is 273 g/mol. The molecule has 0 aliphatic carbocycles. The summed E-state index contributed by atoms with van der Waals surface area (Å²) in [5, 5.41) is 0.747. The summed E-state index contributed by atoms with van der Waals surface area (Å²) in [5.74, 6) is 0. The second kappa shape index (κ2) is 4.78. The van der Waals surface area contributed by atoms with Crippen molar-refractivity contribution in [2.24, 2.45) is 0 Å². The summed E-state index contributed by atoms with van der Waals surface area (Å²) in [6.07, 6.45) is 1.08. The molecule has 3 heteroatoms. The van der Waals surface area contributed by atoms with E-state index < -0.39 is 0 Å². The minimum absolute atomic E-state index is 0.480. The Labute approximate surface area is 118 Å². The third-order valence-electron chi connectivity index (χ3n) is 3.83. The number of nitrogens with zero attached hydrogens (tertiary/aromatic N) is 1. The first-order valence-corrected chi connectivity index (χ1v) is 6.92. The maximum atomic E-state index is 6.28. The molecule has 0 saturated heterocycles. The molecule has 2 aromatic rings. The highest BCUT2D eigenvalue weighted by Gasteiger charge is 2.26. The first-order chi connectivity index (χ1) is 9.16. The molecule has 1 aliphatic rings. The number of para-hydroxylation sites is 1. The van der Waals surface area contributed by atoms with Gasteiger partial charge in [0.25, 0.3) is 0 Å². The quantitative estimate of drug-likeness (QED) is 0.841. The van der Waals surface area contributed by atoms with E-state index in [0.29, 0.717) is 6.04 Å². The predicted octanol–water partition coefficient (Wildman–Crippen LogP) is 3.87. The Morgan fingerprint density at radius 3 is 2.79 bits per heavy atom. The number of rotatable bonds is 2. The standard InChI is InChI=1S/C16H17ClN2/c1-11-9-12-5-2-3-8-16(12)19(11)10-13-14(17)6-4-7-15(13)18/h2-8,11H,9-10,18H2,1H3. The first kappa shape index (κ1) is 12.4. The fraction of sp³-hybridized carbons (Fsp3) is 0.250. The number of nitrogen functional groups attached to an aromatic ring is 1. The molecular weight excluding hydrogens is 256 g/mol. The second-order valence-corrected chi connectivity index (χ2v) is 5.52. The van der Waals surface area contributed by atoms with Crippen molar-refractivity contribution < 1.29 is 0 Å². The number of nitrogens with two attached hydrogens (primary N) is 1. The van der Waals surface area contributed by atoms with E-state index in [1.165, 1.54) is 11.3 Å². The van der Waals surface area contributed by atoms with Crippen LogP contribution in [-0.2, 0) is 13.0 Å². The van der Waals surface area contributed by atoms with E-state index in [0.717, 1.165) is 29.2 Å². The number of hydrogen-bond donors (Lipinski definition) is 1. The number of fused-ring (bicyclic) bond motifs is 1. The lowest BCUT2D eigenvalue weighted by Gasteiger charge is -2.26. The lowest BCUT2D eigenvalue weighted by molar-refractivity contribution is 0.673. The van der Waals surface area contributed by atoms with Crippen LogP contribution in [0.2, 0.25) is 5.02 Å². The Morgan fingerprint density at radius 2 is 2.00 bits per heavy atom. The monoisotopic (exact) mass is 272 g/mol. The number of benzene rings is 2. The number of halogens is 1. The Balaban J connectivity index is 1.96. The molecule has 3 rings (SSSR count). The Bertz CT molecular complexity index is 589. The molecule has 0 amide bonds. The summed E-state index contributed by atoms with van der Waals surface area (Å²) in [5.41, 5.74) is 10.5. The maximum absolute atomic E-state index is 6.28. The molecular formula is C16H17ClN2. The van der Waals surface area contributed by atoms with Crippen LogP contribution in [0.4, 0.5) is 11.4 Å². The molecule has 19 heavy (non-hydrogen) atoms. The number of anilines is 2. The third-order valence-corrected chi connectivity index (χ3v) is 4.19. The van der Waals surface area contributed by atoms with Crippen LogP contribution >= 0.6 is 11.6 Å². The van der Waals surface area contributed by atoms with Crippen molar-refractivity contribution in [2.45, 2.75) is 25.9 Å². The molecule has 1 unspecified atom stereocenters. The molecule has 0 spiro atoms. The van der Waals surface area contributed by atoms with E-state index in [-0.39, 0.29) is 0 Å². The van der Waals surface area contributed by atoms with E-state index >= 15 is 0 Å². The molecule has 2 nitrogen and oxygen atoms in total. The van der Waals surface area contributed by atoms with Crippen molar-refractivity contribution in [1.29, 1.82) is 0 Å². The molecule has 0 radical (unpaired) electrons. The average Bonchev–Trinajstić information content (AvgIpc) is 2.70. The minimum Gasteiger partial charge on any atom is -0.398 e. The zero-order valence-electron chi connectivity index (χ0n) is 10.9. The second-order valence-electron chi connectivity index (χ2n) is 5.12. The molecule has 1 atom stereocenters. The first-order valence-electron chi connectivity index (χ1n) is 6.54. The van der Waals surface area contributed by atoms with Gasteiger partial charge in [0.05, 0.1) is 0 Å². The zero-order valence-corrected chi connectivity index (χ0v) is 11.7. The summed E-state index contributed by atoms with van der Waals surface area (Å²) in [6.45, 7) is 3.01. The van der Waals surface area contributed by atoms with Gasteiger partial charge < -0.3 is 10.6 Å². The highest BCUT2D eigenvalue weighted by atomic mass is 35.5. The Kier molecular flexibility index (Phi) is 3.11. The van der Waals surface area contributed by atoms with Crippen molar-refractivity contribution in [3.63, 3.8) is 0 Å². The maximum Gasteiger partial charge on any atom is 0.0476 e. The summed E-state index contributed by atoms with van der Waals surface area (Å²) in [7, 11) is 0.